The molecule has 0 spiro atoms. The van der Waals surface area contributed by atoms with Crippen molar-refractivity contribution in [2.24, 2.45) is 5.16 Å². The number of thiazole rings is 1. The molecule has 1 atom stereocenters. The minimum absolute atomic E-state index is 0.0429. The molecule has 0 bridgehead atoms. The van der Waals surface area contributed by atoms with E-state index in [9.17, 15) is 4.79 Å². The number of amides is 2. The summed E-state index contributed by atoms with van der Waals surface area (Å²) in [4.78, 5) is 25.2. The van der Waals surface area contributed by atoms with Crippen LogP contribution in [0.4, 0.5) is 10.5 Å². The Kier molecular flexibility index (Phi) is 7.00. The molecule has 2 aliphatic heterocycles. The number of urea groups is 1. The molecule has 35 heavy (non-hydrogen) atoms. The second kappa shape index (κ2) is 10.2. The fraction of sp³-hybridized carbons (Fsp3) is 0.346. The molecule has 6 nitrogen and oxygen atoms in total. The summed E-state index contributed by atoms with van der Waals surface area (Å²) >= 11 is 14.3. The van der Waals surface area contributed by atoms with Gasteiger partial charge in [0.2, 0.25) is 0 Å². The summed E-state index contributed by atoms with van der Waals surface area (Å²) in [5.74, 6) is 0.329. The SMILES string of the molecule is Cc1ccc(C)c(NC(=O)N2CCC(c3nc(C4=NOC(c5c(Cl)cccc5Cl)C4)cs3)CC2)c1. The zero-order valence-corrected chi connectivity index (χ0v) is 21.9. The number of rotatable bonds is 4. The van der Waals surface area contributed by atoms with Crippen molar-refractivity contribution in [3.63, 3.8) is 0 Å². The molecular formula is C26H26Cl2N4O2S. The maximum absolute atomic E-state index is 12.8. The zero-order chi connectivity index (χ0) is 24.5. The molecule has 0 radical (unpaired) electrons. The standard InChI is InChI=1S/C26H26Cl2N4O2S/c1-15-6-7-16(2)20(12-15)30-26(33)32-10-8-17(9-11-32)25-29-22(14-35-25)21-13-23(34-31-21)24-18(27)4-3-5-19(24)28/h3-7,12,14,17,23H,8-11,13H2,1-2H3,(H,30,33). The Bertz CT molecular complexity index is 1260. The van der Waals surface area contributed by atoms with Crippen LogP contribution in [0.2, 0.25) is 10.0 Å². The number of carbonyl (C=O) groups is 1. The van der Waals surface area contributed by atoms with Gasteiger partial charge in [-0.15, -0.1) is 11.3 Å². The second-order valence-corrected chi connectivity index (χ2v) is 10.8. The van der Waals surface area contributed by atoms with E-state index in [1.807, 2.05) is 48.4 Å². The molecular weight excluding hydrogens is 503 g/mol. The quantitative estimate of drug-likeness (QED) is 0.385. The van der Waals surface area contributed by atoms with Crippen LogP contribution < -0.4 is 5.32 Å². The molecule has 1 fully saturated rings. The van der Waals surface area contributed by atoms with Gasteiger partial charge >= 0.3 is 6.03 Å². The lowest BCUT2D eigenvalue weighted by molar-refractivity contribution is 0.0859. The number of oxime groups is 1. The van der Waals surface area contributed by atoms with Gasteiger partial charge in [-0.05, 0) is 56.0 Å². The van der Waals surface area contributed by atoms with Gasteiger partial charge in [-0.2, -0.15) is 0 Å². The molecule has 3 heterocycles. The van der Waals surface area contributed by atoms with Gasteiger partial charge in [-0.3, -0.25) is 0 Å². The fourth-order valence-corrected chi connectivity index (χ4v) is 6.14. The van der Waals surface area contributed by atoms with Gasteiger partial charge in [-0.1, -0.05) is 46.6 Å². The molecule has 2 aromatic carbocycles. The van der Waals surface area contributed by atoms with Crippen LogP contribution in [-0.2, 0) is 4.84 Å². The minimum Gasteiger partial charge on any atom is -0.387 e. The van der Waals surface area contributed by atoms with Crippen molar-refractivity contribution in [1.82, 2.24) is 9.88 Å². The summed E-state index contributed by atoms with van der Waals surface area (Å²) in [7, 11) is 0. The summed E-state index contributed by atoms with van der Waals surface area (Å²) in [5.41, 5.74) is 5.47. The van der Waals surface area contributed by atoms with Crippen molar-refractivity contribution in [2.45, 2.75) is 45.1 Å². The summed E-state index contributed by atoms with van der Waals surface area (Å²) in [6.07, 6.45) is 2.03. The highest BCUT2D eigenvalue weighted by Gasteiger charge is 2.30. The van der Waals surface area contributed by atoms with Crippen LogP contribution in [0.3, 0.4) is 0 Å². The number of anilines is 1. The lowest BCUT2D eigenvalue weighted by Gasteiger charge is -2.31. The van der Waals surface area contributed by atoms with Crippen LogP contribution in [0.25, 0.3) is 0 Å². The lowest BCUT2D eigenvalue weighted by Crippen LogP contribution is -2.40. The van der Waals surface area contributed by atoms with Crippen LogP contribution >= 0.6 is 34.5 Å². The number of hydrogen-bond donors (Lipinski definition) is 1. The molecule has 3 aromatic rings. The fourth-order valence-electron chi connectivity index (χ4n) is 4.50. The Labute approximate surface area is 218 Å². The van der Waals surface area contributed by atoms with Crippen molar-refractivity contribution in [3.05, 3.63) is 79.2 Å². The maximum atomic E-state index is 12.8. The Balaban J connectivity index is 1.18. The van der Waals surface area contributed by atoms with E-state index in [0.29, 0.717) is 35.5 Å². The smallest absolute Gasteiger partial charge is 0.321 e. The first-order valence-corrected chi connectivity index (χ1v) is 13.3. The van der Waals surface area contributed by atoms with E-state index in [2.05, 4.69) is 10.5 Å². The van der Waals surface area contributed by atoms with Crippen LogP contribution in [0, 0.1) is 13.8 Å². The van der Waals surface area contributed by atoms with Crippen LogP contribution in [0.1, 0.15) is 58.7 Å². The van der Waals surface area contributed by atoms with Crippen molar-refractivity contribution >= 4 is 52.0 Å². The van der Waals surface area contributed by atoms with E-state index in [0.717, 1.165) is 51.6 Å². The van der Waals surface area contributed by atoms with Gasteiger partial charge in [0.25, 0.3) is 0 Å². The molecule has 1 N–H and O–H groups in total. The number of aryl methyl sites for hydroxylation is 2. The zero-order valence-electron chi connectivity index (χ0n) is 19.6. The number of halogens is 2. The summed E-state index contributed by atoms with van der Waals surface area (Å²) in [6, 6.07) is 11.5. The minimum atomic E-state index is -0.310. The number of piperidine rings is 1. The highest BCUT2D eigenvalue weighted by molar-refractivity contribution is 7.10. The average molecular weight is 529 g/mol. The Morgan fingerprint density at radius 2 is 1.89 bits per heavy atom. The predicted octanol–water partition coefficient (Wildman–Crippen LogP) is 7.34. The second-order valence-electron chi connectivity index (χ2n) is 9.05. The predicted molar refractivity (Wildman–Crippen MR) is 142 cm³/mol. The van der Waals surface area contributed by atoms with Gasteiger partial charge in [0.05, 0.1) is 10.7 Å². The average Bonchev–Trinajstić information content (AvgIpc) is 3.52. The number of benzene rings is 2. The van der Waals surface area contributed by atoms with Crippen molar-refractivity contribution < 1.29 is 9.63 Å². The van der Waals surface area contributed by atoms with Gasteiger partial charge in [0, 0.05) is 52.1 Å². The normalized spacial score (nSPS) is 18.3. The first kappa shape index (κ1) is 24.1. The van der Waals surface area contributed by atoms with E-state index < -0.39 is 0 Å². The number of aromatic nitrogens is 1. The van der Waals surface area contributed by atoms with E-state index in [-0.39, 0.29) is 12.1 Å². The van der Waals surface area contributed by atoms with Gasteiger partial charge in [-0.25, -0.2) is 9.78 Å². The summed E-state index contributed by atoms with van der Waals surface area (Å²) in [6.45, 7) is 5.44. The van der Waals surface area contributed by atoms with E-state index >= 15 is 0 Å². The van der Waals surface area contributed by atoms with E-state index in [1.165, 1.54) is 0 Å². The Hall–Kier alpha value is -2.61. The Morgan fingerprint density at radius 3 is 2.63 bits per heavy atom. The molecule has 5 rings (SSSR count). The van der Waals surface area contributed by atoms with E-state index in [1.54, 1.807) is 23.5 Å². The number of carbonyl (C=O) groups excluding carboxylic acids is 1. The molecule has 182 valence electrons. The monoisotopic (exact) mass is 528 g/mol. The van der Waals surface area contributed by atoms with E-state index in [4.69, 9.17) is 33.0 Å². The topological polar surface area (TPSA) is 66.8 Å². The van der Waals surface area contributed by atoms with Crippen molar-refractivity contribution in [2.75, 3.05) is 18.4 Å². The van der Waals surface area contributed by atoms with Crippen LogP contribution in [0.5, 0.6) is 0 Å². The molecule has 1 unspecified atom stereocenters. The largest absolute Gasteiger partial charge is 0.387 e. The summed E-state index contributed by atoms with van der Waals surface area (Å²) < 4.78 is 0. The number of nitrogens with one attached hydrogen (secondary N) is 1. The van der Waals surface area contributed by atoms with Gasteiger partial charge in [0.1, 0.15) is 5.71 Å². The number of hydrogen-bond acceptors (Lipinski definition) is 5. The first-order chi connectivity index (χ1) is 16.9. The molecule has 1 aromatic heterocycles. The summed E-state index contributed by atoms with van der Waals surface area (Å²) in [5, 5.41) is 11.6. The third-order valence-corrected chi connectivity index (χ3v) is 8.24. The third-order valence-electron chi connectivity index (χ3n) is 6.57. The van der Waals surface area contributed by atoms with Crippen LogP contribution in [0.15, 0.2) is 46.9 Å². The molecule has 2 amide bonds. The third kappa shape index (κ3) is 5.17. The highest BCUT2D eigenvalue weighted by Crippen LogP contribution is 2.39. The highest BCUT2D eigenvalue weighted by atomic mass is 35.5. The molecule has 2 aliphatic rings. The first-order valence-electron chi connectivity index (χ1n) is 11.6. The van der Waals surface area contributed by atoms with Gasteiger partial charge in [0.15, 0.2) is 6.10 Å². The molecule has 9 heteroatoms. The Morgan fingerprint density at radius 1 is 1.14 bits per heavy atom. The van der Waals surface area contributed by atoms with Crippen LogP contribution in [-0.4, -0.2) is 34.7 Å². The van der Waals surface area contributed by atoms with Crippen molar-refractivity contribution in [1.29, 1.82) is 0 Å². The molecule has 1 saturated heterocycles. The van der Waals surface area contributed by atoms with Crippen molar-refractivity contribution in [3.8, 4) is 0 Å². The molecule has 0 saturated carbocycles. The lowest BCUT2D eigenvalue weighted by atomic mass is 9.97. The number of likely N-dealkylation sites (tertiary alicyclic amines) is 1. The maximum Gasteiger partial charge on any atom is 0.321 e. The molecule has 0 aliphatic carbocycles. The van der Waals surface area contributed by atoms with Gasteiger partial charge < -0.3 is 15.1 Å². The number of nitrogens with zero attached hydrogens (tertiary/aromatic N) is 3.